The first kappa shape index (κ1) is 27.1. The molecule has 5 aliphatic rings. The van der Waals surface area contributed by atoms with E-state index in [-0.39, 0.29) is 6.10 Å². The quantitative estimate of drug-likeness (QED) is 0.403. The van der Waals surface area contributed by atoms with Crippen LogP contribution in [0.2, 0.25) is 0 Å². The molecule has 4 fully saturated rings. The number of hydrogen-bond donors (Lipinski definition) is 1. The third-order valence-electron chi connectivity index (χ3n) is 9.42. The summed E-state index contributed by atoms with van der Waals surface area (Å²) in [6, 6.07) is 0. The van der Waals surface area contributed by atoms with Crippen LogP contribution in [0.25, 0.3) is 0 Å². The molecule has 5 rings (SSSR count). The molecule has 1 N–H and O–H groups in total. The van der Waals surface area contributed by atoms with Crippen LogP contribution in [-0.2, 0) is 0 Å². The van der Waals surface area contributed by atoms with Crippen LogP contribution in [0.3, 0.4) is 0 Å². The molecule has 4 saturated heterocycles. The summed E-state index contributed by atoms with van der Waals surface area (Å²) in [7, 11) is 0. The second kappa shape index (κ2) is 15.4. The second-order valence-corrected chi connectivity index (χ2v) is 12.3. The maximum atomic E-state index is 10.7. The smallest absolute Gasteiger partial charge is 0.0850 e. The van der Waals surface area contributed by atoms with Gasteiger partial charge in [-0.3, -0.25) is 4.90 Å². The zero-order valence-electron chi connectivity index (χ0n) is 22.5. The number of fused-ring (bicyclic) bond motifs is 13. The van der Waals surface area contributed by atoms with Crippen LogP contribution in [0.4, 0.5) is 0 Å². The highest BCUT2D eigenvalue weighted by atomic mass is 16.3. The molecule has 0 saturated carbocycles. The minimum absolute atomic E-state index is 0.361. The van der Waals surface area contributed by atoms with Gasteiger partial charge in [-0.05, 0) is 75.3 Å². The number of rotatable bonds is 0. The van der Waals surface area contributed by atoms with Gasteiger partial charge in [0, 0.05) is 26.2 Å². The predicted molar refractivity (Wildman–Crippen MR) is 150 cm³/mol. The predicted octanol–water partition coefficient (Wildman–Crippen LogP) is 6.99. The number of allylic oxidation sites excluding steroid dienone is 5. The Kier molecular flexibility index (Phi) is 11.9. The molecule has 5 heterocycles. The lowest BCUT2D eigenvalue weighted by Gasteiger charge is -2.47. The molecule has 7 atom stereocenters. The average molecular weight is 483 g/mol. The topological polar surface area (TPSA) is 26.7 Å². The molecule has 0 spiro atoms. The average Bonchev–Trinajstić information content (AvgIpc) is 2.85. The van der Waals surface area contributed by atoms with E-state index in [4.69, 9.17) is 0 Å². The zero-order valence-corrected chi connectivity index (χ0v) is 22.5. The highest BCUT2D eigenvalue weighted by Crippen LogP contribution is 2.40. The Morgan fingerprint density at radius 2 is 1.29 bits per heavy atom. The molecule has 6 bridgehead atoms. The molecular formula is C32H54N2O. The summed E-state index contributed by atoms with van der Waals surface area (Å²) in [4.78, 5) is 5.46. The number of nitrogens with zero attached hydrogens (tertiary/aromatic N) is 2. The van der Waals surface area contributed by atoms with Gasteiger partial charge in [-0.1, -0.05) is 94.2 Å². The SMILES string of the molecule is OC1\C=C/C=C\C=C/CC[C@@H]2CN3CCCCCCCCCCCC[C@@H]4C[C@@H](CN(C1)C4)[C@H]2CC3. The van der Waals surface area contributed by atoms with E-state index in [1.165, 1.54) is 129 Å². The molecule has 0 amide bonds. The standard InChI is InChI=1S/C32H54N2O/c35-31-19-15-11-7-6-10-14-18-29-25-33-21-16-12-8-4-2-1-3-5-9-13-17-28-23-30(32(29)20-22-33)26-34(24-28)27-31/h6-7,10-11,15,19,28-32,35H,1-5,8-9,12-14,16-18,20-27H2/b10-6-,11-7-,19-15-/t28-,29-,30+,31?,32+/m1/s1. The minimum Gasteiger partial charge on any atom is -0.388 e. The van der Waals surface area contributed by atoms with Gasteiger partial charge in [-0.2, -0.15) is 0 Å². The summed E-state index contributed by atoms with van der Waals surface area (Å²) in [5.74, 6) is 3.33. The van der Waals surface area contributed by atoms with E-state index in [9.17, 15) is 5.11 Å². The zero-order chi connectivity index (χ0) is 24.1. The fourth-order valence-corrected chi connectivity index (χ4v) is 7.59. The Morgan fingerprint density at radius 3 is 2.11 bits per heavy atom. The summed E-state index contributed by atoms with van der Waals surface area (Å²) in [5.41, 5.74) is 0. The maximum Gasteiger partial charge on any atom is 0.0850 e. The Hall–Kier alpha value is -0.900. The molecule has 198 valence electrons. The van der Waals surface area contributed by atoms with Gasteiger partial charge in [-0.15, -0.1) is 0 Å². The maximum absolute atomic E-state index is 10.7. The van der Waals surface area contributed by atoms with Crippen LogP contribution in [0.1, 0.15) is 96.3 Å². The molecule has 3 nitrogen and oxygen atoms in total. The van der Waals surface area contributed by atoms with Crippen LogP contribution < -0.4 is 0 Å². The Bertz CT molecular complexity index is 670. The summed E-state index contributed by atoms with van der Waals surface area (Å²) in [5, 5.41) is 10.7. The van der Waals surface area contributed by atoms with Gasteiger partial charge < -0.3 is 10.0 Å². The van der Waals surface area contributed by atoms with Crippen LogP contribution in [0, 0.1) is 23.7 Å². The van der Waals surface area contributed by atoms with E-state index >= 15 is 0 Å². The van der Waals surface area contributed by atoms with Crippen molar-refractivity contribution in [3.05, 3.63) is 36.5 Å². The van der Waals surface area contributed by atoms with Gasteiger partial charge in [0.15, 0.2) is 0 Å². The van der Waals surface area contributed by atoms with Crippen molar-refractivity contribution < 1.29 is 5.11 Å². The van der Waals surface area contributed by atoms with Gasteiger partial charge in [0.05, 0.1) is 6.10 Å². The summed E-state index contributed by atoms with van der Waals surface area (Å²) in [6.45, 7) is 7.15. The molecule has 0 aromatic carbocycles. The summed E-state index contributed by atoms with van der Waals surface area (Å²) >= 11 is 0. The third kappa shape index (κ3) is 9.48. The lowest BCUT2D eigenvalue weighted by atomic mass is 9.69. The first-order valence-electron chi connectivity index (χ1n) is 15.4. The first-order chi connectivity index (χ1) is 17.3. The fourth-order valence-electron chi connectivity index (χ4n) is 7.59. The Morgan fingerprint density at radius 1 is 0.571 bits per heavy atom. The van der Waals surface area contributed by atoms with Crippen molar-refractivity contribution in [3.63, 3.8) is 0 Å². The highest BCUT2D eigenvalue weighted by Gasteiger charge is 2.38. The molecule has 0 aromatic rings. The minimum atomic E-state index is -0.361. The molecule has 35 heavy (non-hydrogen) atoms. The molecule has 3 unspecified atom stereocenters. The van der Waals surface area contributed by atoms with Crippen LogP contribution >= 0.6 is 0 Å². The van der Waals surface area contributed by atoms with Crippen molar-refractivity contribution in [2.75, 3.05) is 39.3 Å². The van der Waals surface area contributed by atoms with E-state index in [1.807, 2.05) is 12.2 Å². The van der Waals surface area contributed by atoms with E-state index in [0.29, 0.717) is 0 Å². The van der Waals surface area contributed by atoms with Gasteiger partial charge in [-0.25, -0.2) is 0 Å². The molecule has 0 aromatic heterocycles. The van der Waals surface area contributed by atoms with E-state index in [0.717, 1.165) is 30.2 Å². The Labute approximate surface area is 216 Å². The van der Waals surface area contributed by atoms with E-state index < -0.39 is 0 Å². The largest absolute Gasteiger partial charge is 0.388 e. The third-order valence-corrected chi connectivity index (χ3v) is 9.42. The number of piperidine rings is 2. The van der Waals surface area contributed by atoms with Crippen LogP contribution in [-0.4, -0.2) is 60.3 Å². The normalized spacial score (nSPS) is 41.6. The molecule has 3 heteroatoms. The second-order valence-electron chi connectivity index (χ2n) is 12.3. The highest BCUT2D eigenvalue weighted by molar-refractivity contribution is 5.12. The van der Waals surface area contributed by atoms with Gasteiger partial charge in [0.2, 0.25) is 0 Å². The van der Waals surface area contributed by atoms with Gasteiger partial charge >= 0.3 is 0 Å². The van der Waals surface area contributed by atoms with E-state index in [1.54, 1.807) is 0 Å². The van der Waals surface area contributed by atoms with Gasteiger partial charge in [0.1, 0.15) is 0 Å². The van der Waals surface area contributed by atoms with E-state index in [2.05, 4.69) is 34.1 Å². The van der Waals surface area contributed by atoms with Crippen LogP contribution in [0.5, 0.6) is 0 Å². The molecular weight excluding hydrogens is 428 g/mol. The number of hydrogen-bond acceptors (Lipinski definition) is 3. The van der Waals surface area contributed by atoms with Crippen molar-refractivity contribution in [1.82, 2.24) is 9.80 Å². The number of aliphatic hydroxyl groups excluding tert-OH is 1. The van der Waals surface area contributed by atoms with Crippen molar-refractivity contribution in [2.24, 2.45) is 23.7 Å². The van der Waals surface area contributed by atoms with Crippen molar-refractivity contribution in [1.29, 1.82) is 0 Å². The summed E-state index contributed by atoms with van der Waals surface area (Å²) < 4.78 is 0. The number of aliphatic hydroxyl groups is 1. The monoisotopic (exact) mass is 482 g/mol. The van der Waals surface area contributed by atoms with Gasteiger partial charge in [0.25, 0.3) is 0 Å². The molecule has 0 aliphatic carbocycles. The molecule has 5 aliphatic heterocycles. The van der Waals surface area contributed by atoms with Crippen molar-refractivity contribution >= 4 is 0 Å². The fraction of sp³-hybridized carbons (Fsp3) is 0.812. The molecule has 0 radical (unpaired) electrons. The van der Waals surface area contributed by atoms with Crippen molar-refractivity contribution in [2.45, 2.75) is 102 Å². The first-order valence-corrected chi connectivity index (χ1v) is 15.4. The Balaban J connectivity index is 1.50. The van der Waals surface area contributed by atoms with Crippen LogP contribution in [0.15, 0.2) is 36.5 Å². The lowest BCUT2D eigenvalue weighted by molar-refractivity contribution is 0.00987. The van der Waals surface area contributed by atoms with Crippen molar-refractivity contribution in [3.8, 4) is 0 Å². The lowest BCUT2D eigenvalue weighted by Crippen LogP contribution is -2.50. The summed E-state index contributed by atoms with van der Waals surface area (Å²) in [6.07, 6.45) is 33.5.